The molecule has 28 heavy (non-hydrogen) atoms. The third kappa shape index (κ3) is 3.80. The van der Waals surface area contributed by atoms with Crippen molar-refractivity contribution in [1.82, 2.24) is 20.7 Å². The van der Waals surface area contributed by atoms with Gasteiger partial charge in [0.2, 0.25) is 0 Å². The van der Waals surface area contributed by atoms with Gasteiger partial charge in [0.15, 0.2) is 5.76 Å². The molecular weight excluding hydrogens is 366 g/mol. The van der Waals surface area contributed by atoms with Crippen LogP contribution >= 0.6 is 0 Å². The first-order valence-corrected chi connectivity index (χ1v) is 8.39. The number of hydrogen-bond donors (Lipinski definition) is 2. The van der Waals surface area contributed by atoms with Crippen molar-refractivity contribution in [2.45, 2.75) is 6.54 Å². The Hall–Kier alpha value is -3.81. The first-order chi connectivity index (χ1) is 13.6. The molecule has 0 bridgehead atoms. The van der Waals surface area contributed by atoms with Gasteiger partial charge in [-0.1, -0.05) is 5.16 Å². The number of H-pyrrole nitrogens is 1. The van der Waals surface area contributed by atoms with Crippen molar-refractivity contribution in [2.24, 2.45) is 0 Å². The number of carbonyl (C=O) groups is 1. The van der Waals surface area contributed by atoms with Crippen LogP contribution in [0.4, 0.5) is 8.78 Å². The predicted octanol–water partition coefficient (Wildman–Crippen LogP) is 3.94. The van der Waals surface area contributed by atoms with Crippen molar-refractivity contribution in [2.75, 3.05) is 0 Å². The number of nitrogens with zero attached hydrogens (tertiary/aromatic N) is 2. The number of nitrogens with one attached hydrogen (secondary N) is 2. The maximum atomic E-state index is 13.0. The molecule has 0 atom stereocenters. The molecule has 0 aliphatic heterocycles. The summed E-state index contributed by atoms with van der Waals surface area (Å²) in [6.07, 6.45) is 0. The van der Waals surface area contributed by atoms with Gasteiger partial charge in [-0.3, -0.25) is 9.89 Å². The first kappa shape index (κ1) is 17.6. The van der Waals surface area contributed by atoms with E-state index in [1.807, 2.05) is 0 Å². The Bertz CT molecular complexity index is 1100. The van der Waals surface area contributed by atoms with E-state index in [0.717, 1.165) is 0 Å². The van der Waals surface area contributed by atoms with Crippen molar-refractivity contribution in [3.63, 3.8) is 0 Å². The van der Waals surface area contributed by atoms with Crippen LogP contribution in [0.1, 0.15) is 16.2 Å². The molecule has 4 rings (SSSR count). The minimum Gasteiger partial charge on any atom is -0.356 e. The van der Waals surface area contributed by atoms with E-state index in [0.29, 0.717) is 28.3 Å². The molecule has 140 valence electrons. The molecule has 2 aromatic carbocycles. The molecule has 4 aromatic rings. The fraction of sp³-hybridized carbons (Fsp3) is 0.0500. The number of carbonyl (C=O) groups excluding carboxylic acids is 1. The Morgan fingerprint density at radius 1 is 0.964 bits per heavy atom. The van der Waals surface area contributed by atoms with Crippen LogP contribution in [-0.2, 0) is 6.54 Å². The van der Waals surface area contributed by atoms with Crippen LogP contribution in [0.3, 0.4) is 0 Å². The lowest BCUT2D eigenvalue weighted by atomic mass is 10.1. The van der Waals surface area contributed by atoms with Crippen molar-refractivity contribution in [3.8, 4) is 22.6 Å². The molecule has 2 aromatic heterocycles. The van der Waals surface area contributed by atoms with Gasteiger partial charge in [-0.05, 0) is 54.6 Å². The van der Waals surface area contributed by atoms with E-state index in [1.165, 1.54) is 24.3 Å². The molecule has 0 aliphatic rings. The van der Waals surface area contributed by atoms with Crippen LogP contribution in [0, 0.1) is 11.6 Å². The van der Waals surface area contributed by atoms with Crippen molar-refractivity contribution in [3.05, 3.63) is 83.7 Å². The number of amides is 1. The van der Waals surface area contributed by atoms with Gasteiger partial charge in [0.25, 0.3) is 5.91 Å². The number of aromatic nitrogens is 3. The molecule has 0 saturated heterocycles. The SMILES string of the molecule is O=C(NCc1cc(-c2ccc(F)cc2)on1)c1cc(-c2ccc(F)cc2)n[nH]1. The normalized spacial score (nSPS) is 10.8. The molecule has 0 spiro atoms. The molecule has 0 radical (unpaired) electrons. The number of halogens is 2. The Labute approximate surface area is 158 Å². The number of rotatable bonds is 5. The molecule has 0 unspecified atom stereocenters. The largest absolute Gasteiger partial charge is 0.356 e. The summed E-state index contributed by atoms with van der Waals surface area (Å²) in [7, 11) is 0. The summed E-state index contributed by atoms with van der Waals surface area (Å²) in [5.74, 6) is -0.572. The van der Waals surface area contributed by atoms with Gasteiger partial charge in [0.1, 0.15) is 23.0 Å². The maximum Gasteiger partial charge on any atom is 0.269 e. The summed E-state index contributed by atoms with van der Waals surface area (Å²) in [5, 5.41) is 13.3. The lowest BCUT2D eigenvalue weighted by Gasteiger charge is -1.99. The molecule has 0 saturated carbocycles. The van der Waals surface area contributed by atoms with E-state index < -0.39 is 0 Å². The molecule has 6 nitrogen and oxygen atoms in total. The first-order valence-electron chi connectivity index (χ1n) is 8.39. The van der Waals surface area contributed by atoms with Crippen molar-refractivity contribution < 1.29 is 18.1 Å². The second-order valence-electron chi connectivity index (χ2n) is 6.05. The average molecular weight is 380 g/mol. The van der Waals surface area contributed by atoms with E-state index in [2.05, 4.69) is 20.7 Å². The number of hydrogen-bond acceptors (Lipinski definition) is 4. The topological polar surface area (TPSA) is 83.8 Å². The highest BCUT2D eigenvalue weighted by atomic mass is 19.1. The lowest BCUT2D eigenvalue weighted by Crippen LogP contribution is -2.23. The summed E-state index contributed by atoms with van der Waals surface area (Å²) in [6, 6.07) is 14.9. The second kappa shape index (κ2) is 7.43. The molecule has 2 heterocycles. The van der Waals surface area contributed by atoms with E-state index in [9.17, 15) is 13.6 Å². The van der Waals surface area contributed by atoms with Crippen molar-refractivity contribution in [1.29, 1.82) is 0 Å². The third-order valence-corrected chi connectivity index (χ3v) is 4.08. The summed E-state index contributed by atoms with van der Waals surface area (Å²) < 4.78 is 31.2. The summed E-state index contributed by atoms with van der Waals surface area (Å²) in [4.78, 5) is 12.3. The Morgan fingerprint density at radius 3 is 2.29 bits per heavy atom. The molecule has 8 heteroatoms. The van der Waals surface area contributed by atoms with Gasteiger partial charge in [-0.2, -0.15) is 5.10 Å². The molecule has 0 aliphatic carbocycles. The van der Waals surface area contributed by atoms with Gasteiger partial charge in [0, 0.05) is 17.2 Å². The Kier molecular flexibility index (Phi) is 4.67. The zero-order valence-electron chi connectivity index (χ0n) is 14.4. The van der Waals surface area contributed by atoms with E-state index >= 15 is 0 Å². The van der Waals surface area contributed by atoms with E-state index in [-0.39, 0.29) is 29.8 Å². The molecular formula is C20H14F2N4O2. The lowest BCUT2D eigenvalue weighted by molar-refractivity contribution is 0.0945. The molecule has 2 N–H and O–H groups in total. The highest BCUT2D eigenvalue weighted by Gasteiger charge is 2.13. The van der Waals surface area contributed by atoms with Crippen LogP contribution in [0.15, 0.2) is 65.2 Å². The van der Waals surface area contributed by atoms with Crippen LogP contribution < -0.4 is 5.32 Å². The number of aromatic amines is 1. The van der Waals surface area contributed by atoms with Gasteiger partial charge >= 0.3 is 0 Å². The monoisotopic (exact) mass is 380 g/mol. The van der Waals surface area contributed by atoms with Crippen molar-refractivity contribution >= 4 is 5.91 Å². The minimum absolute atomic E-state index is 0.147. The average Bonchev–Trinajstić information content (AvgIpc) is 3.37. The smallest absolute Gasteiger partial charge is 0.269 e. The molecule has 0 fully saturated rings. The third-order valence-electron chi connectivity index (χ3n) is 4.08. The second-order valence-corrected chi connectivity index (χ2v) is 6.05. The Morgan fingerprint density at radius 2 is 1.61 bits per heavy atom. The number of benzene rings is 2. The Balaban J connectivity index is 1.40. The van der Waals surface area contributed by atoms with Crippen LogP contribution in [0.5, 0.6) is 0 Å². The maximum absolute atomic E-state index is 13.0. The van der Waals surface area contributed by atoms with Crippen LogP contribution in [-0.4, -0.2) is 21.3 Å². The summed E-state index contributed by atoms with van der Waals surface area (Å²) >= 11 is 0. The zero-order valence-corrected chi connectivity index (χ0v) is 14.4. The quantitative estimate of drug-likeness (QED) is 0.549. The minimum atomic E-state index is -0.368. The van der Waals surface area contributed by atoms with Gasteiger partial charge in [-0.15, -0.1) is 0 Å². The molecule has 1 amide bonds. The van der Waals surface area contributed by atoms with Gasteiger partial charge in [-0.25, -0.2) is 8.78 Å². The fourth-order valence-electron chi connectivity index (χ4n) is 2.62. The summed E-state index contributed by atoms with van der Waals surface area (Å²) in [5.41, 5.74) is 2.69. The van der Waals surface area contributed by atoms with Crippen LogP contribution in [0.2, 0.25) is 0 Å². The van der Waals surface area contributed by atoms with Gasteiger partial charge in [0.05, 0.1) is 12.2 Å². The summed E-state index contributed by atoms with van der Waals surface area (Å²) in [6.45, 7) is 0.147. The van der Waals surface area contributed by atoms with Crippen LogP contribution in [0.25, 0.3) is 22.6 Å². The highest BCUT2D eigenvalue weighted by molar-refractivity contribution is 5.93. The fourth-order valence-corrected chi connectivity index (χ4v) is 2.62. The zero-order chi connectivity index (χ0) is 19.5. The van der Waals surface area contributed by atoms with E-state index in [4.69, 9.17) is 4.52 Å². The highest BCUT2D eigenvalue weighted by Crippen LogP contribution is 2.21. The predicted molar refractivity (Wildman–Crippen MR) is 97.0 cm³/mol. The van der Waals surface area contributed by atoms with Gasteiger partial charge < -0.3 is 9.84 Å². The standard InChI is InChI=1S/C20H14F2N4O2/c21-14-5-1-12(2-6-14)17-10-18(25-24-17)20(27)23-11-16-9-19(28-26-16)13-3-7-15(22)8-4-13/h1-10H,11H2,(H,23,27)(H,24,25). The van der Waals surface area contributed by atoms with E-state index in [1.54, 1.807) is 36.4 Å².